The van der Waals surface area contributed by atoms with Crippen molar-refractivity contribution in [3.8, 4) is 17.2 Å². The highest BCUT2D eigenvalue weighted by Crippen LogP contribution is 2.39. The van der Waals surface area contributed by atoms with E-state index in [9.17, 15) is 19.7 Å². The zero-order chi connectivity index (χ0) is 23.6. The van der Waals surface area contributed by atoms with E-state index in [0.29, 0.717) is 23.7 Å². The zero-order valence-corrected chi connectivity index (χ0v) is 18.6. The quantitative estimate of drug-likeness (QED) is 0.534. The van der Waals surface area contributed by atoms with Crippen LogP contribution in [0.1, 0.15) is 31.1 Å². The van der Waals surface area contributed by atoms with Gasteiger partial charge in [0.25, 0.3) is 11.6 Å². The maximum absolute atomic E-state index is 12.9. The van der Waals surface area contributed by atoms with E-state index in [2.05, 4.69) is 5.32 Å². The Bertz CT molecular complexity index is 1080. The number of anilines is 2. The summed E-state index contributed by atoms with van der Waals surface area (Å²) >= 11 is 0. The minimum atomic E-state index is -0.710. The zero-order valence-electron chi connectivity index (χ0n) is 18.6. The molecule has 2 aromatic carbocycles. The molecule has 2 amide bonds. The third-order valence-electron chi connectivity index (χ3n) is 5.18. The van der Waals surface area contributed by atoms with E-state index in [-0.39, 0.29) is 29.6 Å². The molecule has 1 aliphatic rings. The van der Waals surface area contributed by atoms with Crippen molar-refractivity contribution < 1.29 is 28.7 Å². The Morgan fingerprint density at radius 1 is 1.22 bits per heavy atom. The normalized spacial score (nSPS) is 14.7. The van der Waals surface area contributed by atoms with Crippen LogP contribution in [0.15, 0.2) is 30.3 Å². The molecule has 1 N–H and O–H groups in total. The van der Waals surface area contributed by atoms with Crippen molar-refractivity contribution in [3.63, 3.8) is 0 Å². The lowest BCUT2D eigenvalue weighted by Gasteiger charge is -2.26. The molecule has 3 rings (SSSR count). The minimum absolute atomic E-state index is 0.0588. The monoisotopic (exact) mass is 443 g/mol. The summed E-state index contributed by atoms with van der Waals surface area (Å²) < 4.78 is 16.1. The number of nitro groups is 1. The summed E-state index contributed by atoms with van der Waals surface area (Å²) in [5, 5.41) is 14.2. The predicted molar refractivity (Wildman–Crippen MR) is 118 cm³/mol. The largest absolute Gasteiger partial charge is 0.493 e. The van der Waals surface area contributed by atoms with Crippen molar-refractivity contribution >= 4 is 28.9 Å². The van der Waals surface area contributed by atoms with Crippen LogP contribution >= 0.6 is 0 Å². The van der Waals surface area contributed by atoms with Crippen LogP contribution in [0.5, 0.6) is 17.2 Å². The number of methoxy groups -OCH3 is 2. The van der Waals surface area contributed by atoms with Gasteiger partial charge in [-0.15, -0.1) is 0 Å². The van der Waals surface area contributed by atoms with Crippen LogP contribution in [0.4, 0.5) is 17.1 Å². The molecule has 170 valence electrons. The van der Waals surface area contributed by atoms with E-state index in [1.165, 1.54) is 20.3 Å². The number of amides is 2. The summed E-state index contributed by atoms with van der Waals surface area (Å²) in [5.74, 6) is 0.00539. The number of nitro benzene ring substituents is 1. The summed E-state index contributed by atoms with van der Waals surface area (Å²) in [6.45, 7) is 6.12. The second kappa shape index (κ2) is 8.74. The molecule has 0 saturated carbocycles. The Morgan fingerprint density at radius 2 is 1.88 bits per heavy atom. The van der Waals surface area contributed by atoms with Crippen molar-refractivity contribution in [2.24, 2.45) is 5.41 Å². The Hall–Kier alpha value is -3.82. The second-order valence-electron chi connectivity index (χ2n) is 7.84. The van der Waals surface area contributed by atoms with E-state index in [4.69, 9.17) is 14.2 Å². The number of ether oxygens (including phenoxy) is 3. The first-order chi connectivity index (χ1) is 15.1. The van der Waals surface area contributed by atoms with Crippen molar-refractivity contribution in [3.05, 3.63) is 46.0 Å². The third kappa shape index (κ3) is 4.16. The number of rotatable bonds is 6. The van der Waals surface area contributed by atoms with E-state index in [1.807, 2.05) is 20.8 Å². The van der Waals surface area contributed by atoms with Gasteiger partial charge >= 0.3 is 0 Å². The number of nitrogens with zero attached hydrogens (tertiary/aromatic N) is 2. The van der Waals surface area contributed by atoms with E-state index in [0.717, 1.165) is 6.07 Å². The highest BCUT2D eigenvalue weighted by Gasteiger charge is 2.37. The predicted octanol–water partition coefficient (Wildman–Crippen LogP) is 3.64. The molecule has 10 nitrogen and oxygen atoms in total. The highest BCUT2D eigenvalue weighted by molar-refractivity contribution is 6.08. The molecular formula is C22H25N3O7. The van der Waals surface area contributed by atoms with Gasteiger partial charge in [0.2, 0.25) is 5.91 Å². The maximum Gasteiger partial charge on any atom is 0.286 e. The topological polar surface area (TPSA) is 120 Å². The maximum atomic E-state index is 12.9. The van der Waals surface area contributed by atoms with Crippen molar-refractivity contribution in [1.29, 1.82) is 0 Å². The fourth-order valence-electron chi connectivity index (χ4n) is 3.44. The Balaban J connectivity index is 1.96. The number of carbonyl (C=O) groups excluding carboxylic acids is 2. The number of benzene rings is 2. The summed E-state index contributed by atoms with van der Waals surface area (Å²) in [4.78, 5) is 38.2. The van der Waals surface area contributed by atoms with E-state index < -0.39 is 21.9 Å². The van der Waals surface area contributed by atoms with Crippen molar-refractivity contribution in [2.75, 3.05) is 37.6 Å². The minimum Gasteiger partial charge on any atom is -0.493 e. The van der Waals surface area contributed by atoms with Gasteiger partial charge in [0.1, 0.15) is 17.9 Å². The number of hydrogen-bond acceptors (Lipinski definition) is 7. The smallest absolute Gasteiger partial charge is 0.286 e. The summed E-state index contributed by atoms with van der Waals surface area (Å²) in [6.07, 6.45) is 0. The van der Waals surface area contributed by atoms with Crippen molar-refractivity contribution in [1.82, 2.24) is 0 Å². The second-order valence-corrected chi connectivity index (χ2v) is 7.84. The molecule has 0 radical (unpaired) electrons. The Labute approximate surface area is 185 Å². The van der Waals surface area contributed by atoms with Gasteiger partial charge < -0.3 is 24.4 Å². The van der Waals surface area contributed by atoms with Gasteiger partial charge in [0, 0.05) is 24.4 Å². The molecule has 0 unspecified atom stereocenters. The molecule has 2 aromatic rings. The first-order valence-electron chi connectivity index (χ1n) is 9.93. The molecular weight excluding hydrogens is 418 g/mol. The highest BCUT2D eigenvalue weighted by atomic mass is 16.6. The molecule has 0 saturated heterocycles. The van der Waals surface area contributed by atoms with Crippen LogP contribution in [-0.2, 0) is 4.79 Å². The van der Waals surface area contributed by atoms with Crippen LogP contribution < -0.4 is 24.4 Å². The number of hydrogen-bond donors (Lipinski definition) is 1. The van der Waals surface area contributed by atoms with Gasteiger partial charge in [0.15, 0.2) is 11.5 Å². The summed E-state index contributed by atoms with van der Waals surface area (Å²) in [5.41, 5.74) is -0.358. The number of fused-ring (bicyclic) bond motifs is 1. The lowest BCUT2D eigenvalue weighted by atomic mass is 9.93. The number of carbonyl (C=O) groups is 2. The van der Waals surface area contributed by atoms with Gasteiger partial charge in [-0.3, -0.25) is 19.7 Å². The fourth-order valence-corrected chi connectivity index (χ4v) is 3.44. The molecule has 32 heavy (non-hydrogen) atoms. The Kier molecular flexibility index (Phi) is 6.24. The molecule has 0 fully saturated rings. The SMILES string of the molecule is CCN1C(=O)C(C)(C)COc2cc(NC(=O)c3cc(OC)c(OC)cc3[N+](=O)[O-])ccc21. The van der Waals surface area contributed by atoms with Gasteiger partial charge in [-0.25, -0.2) is 0 Å². The third-order valence-corrected chi connectivity index (χ3v) is 5.18. The molecule has 10 heteroatoms. The summed E-state index contributed by atoms with van der Waals surface area (Å²) in [7, 11) is 2.72. The van der Waals surface area contributed by atoms with E-state index in [1.54, 1.807) is 23.1 Å². The van der Waals surface area contributed by atoms with Gasteiger partial charge in [-0.2, -0.15) is 0 Å². The van der Waals surface area contributed by atoms with Gasteiger partial charge in [-0.05, 0) is 32.9 Å². The van der Waals surface area contributed by atoms with E-state index >= 15 is 0 Å². The molecule has 1 aliphatic heterocycles. The lowest BCUT2D eigenvalue weighted by Crippen LogP contribution is -2.42. The number of nitrogens with one attached hydrogen (secondary N) is 1. The average molecular weight is 443 g/mol. The molecule has 0 bridgehead atoms. The molecule has 0 spiro atoms. The first kappa shape index (κ1) is 22.9. The summed E-state index contributed by atoms with van der Waals surface area (Å²) in [6, 6.07) is 7.28. The van der Waals surface area contributed by atoms with Crippen LogP contribution in [0.25, 0.3) is 0 Å². The van der Waals surface area contributed by atoms with Crippen LogP contribution in [0.2, 0.25) is 0 Å². The Morgan fingerprint density at radius 3 is 2.47 bits per heavy atom. The molecule has 0 aromatic heterocycles. The standard InChI is InChI=1S/C22H25N3O7/c1-6-24-15-8-7-13(9-17(15)32-12-22(2,3)21(24)27)23-20(26)14-10-18(30-4)19(31-5)11-16(14)25(28)29/h7-11H,6,12H2,1-5H3,(H,23,26). The van der Waals surface area contributed by atoms with Crippen molar-refractivity contribution in [2.45, 2.75) is 20.8 Å². The molecule has 1 heterocycles. The van der Waals surface area contributed by atoms with Crippen LogP contribution in [-0.4, -0.2) is 44.1 Å². The van der Waals surface area contributed by atoms with Crippen LogP contribution in [0.3, 0.4) is 0 Å². The van der Waals surface area contributed by atoms with Crippen LogP contribution in [0, 0.1) is 15.5 Å². The van der Waals surface area contributed by atoms with Gasteiger partial charge in [-0.1, -0.05) is 0 Å². The lowest BCUT2D eigenvalue weighted by molar-refractivity contribution is -0.385. The average Bonchev–Trinajstić information content (AvgIpc) is 2.86. The molecule has 0 atom stereocenters. The molecule has 0 aliphatic carbocycles. The fraction of sp³-hybridized carbons (Fsp3) is 0.364. The first-order valence-corrected chi connectivity index (χ1v) is 9.93. The van der Waals surface area contributed by atoms with Gasteiger partial charge in [0.05, 0.1) is 36.3 Å².